The summed E-state index contributed by atoms with van der Waals surface area (Å²) in [5, 5.41) is 4.20. The first kappa shape index (κ1) is 17.3. The smallest absolute Gasteiger partial charge is 0.223 e. The first-order valence-electron chi connectivity index (χ1n) is 9.70. The average Bonchev–Trinajstić information content (AvgIpc) is 2.87. The van der Waals surface area contributed by atoms with Crippen LogP contribution in [0.2, 0.25) is 0 Å². The third-order valence-electron chi connectivity index (χ3n) is 5.74. The van der Waals surface area contributed by atoms with Crippen LogP contribution in [0.4, 0.5) is 0 Å². The molecule has 1 aromatic heterocycles. The number of carbonyl (C=O) groups is 1. The molecule has 3 saturated heterocycles. The molecule has 1 aromatic carbocycles. The summed E-state index contributed by atoms with van der Waals surface area (Å²) in [7, 11) is 1.92. The van der Waals surface area contributed by atoms with Crippen molar-refractivity contribution in [1.29, 1.82) is 0 Å². The highest BCUT2D eigenvalue weighted by Crippen LogP contribution is 2.29. The topological polar surface area (TPSA) is 41.4 Å². The van der Waals surface area contributed by atoms with E-state index < -0.39 is 0 Å². The van der Waals surface area contributed by atoms with Gasteiger partial charge in [0.2, 0.25) is 5.91 Å². The molecule has 5 nitrogen and oxygen atoms in total. The van der Waals surface area contributed by atoms with Crippen LogP contribution in [0.15, 0.2) is 42.7 Å². The lowest BCUT2D eigenvalue weighted by Gasteiger charge is -2.36. The monoisotopic (exact) mass is 352 g/mol. The minimum Gasteiger partial charge on any atom is -0.338 e. The van der Waals surface area contributed by atoms with Gasteiger partial charge in [0, 0.05) is 51.9 Å². The van der Waals surface area contributed by atoms with Crippen molar-refractivity contribution >= 4 is 5.91 Å². The molecule has 2 atom stereocenters. The Kier molecular flexibility index (Phi) is 5.07. The number of aryl methyl sites for hydroxylation is 2. The summed E-state index contributed by atoms with van der Waals surface area (Å²) in [4.78, 5) is 17.6. The van der Waals surface area contributed by atoms with E-state index in [2.05, 4.69) is 45.2 Å². The van der Waals surface area contributed by atoms with E-state index in [-0.39, 0.29) is 0 Å². The Morgan fingerprint density at radius 3 is 2.73 bits per heavy atom. The van der Waals surface area contributed by atoms with Crippen LogP contribution >= 0.6 is 0 Å². The molecular weight excluding hydrogens is 324 g/mol. The number of fused-ring (bicyclic) bond motifs is 4. The summed E-state index contributed by atoms with van der Waals surface area (Å²) in [5.74, 6) is 0.921. The molecule has 0 saturated carbocycles. The highest BCUT2D eigenvalue weighted by molar-refractivity contribution is 5.77. The van der Waals surface area contributed by atoms with E-state index >= 15 is 0 Å². The van der Waals surface area contributed by atoms with Crippen LogP contribution in [0.1, 0.15) is 30.4 Å². The molecule has 0 N–H and O–H groups in total. The summed E-state index contributed by atoms with van der Waals surface area (Å²) in [6, 6.07) is 11.1. The van der Waals surface area contributed by atoms with E-state index in [1.54, 1.807) is 4.68 Å². The van der Waals surface area contributed by atoms with E-state index in [1.807, 2.05) is 19.4 Å². The first-order chi connectivity index (χ1) is 12.7. The molecule has 0 aliphatic carbocycles. The van der Waals surface area contributed by atoms with Gasteiger partial charge in [-0.15, -0.1) is 0 Å². The molecule has 2 aromatic rings. The molecule has 0 radical (unpaired) electrons. The lowest BCUT2D eigenvalue weighted by atomic mass is 9.94. The van der Waals surface area contributed by atoms with Gasteiger partial charge < -0.3 is 4.90 Å². The summed E-state index contributed by atoms with van der Waals surface area (Å²) in [6.45, 7) is 4.04. The fraction of sp³-hybridized carbons (Fsp3) is 0.524. The Hall–Kier alpha value is -2.14. The maximum atomic E-state index is 12.9. The van der Waals surface area contributed by atoms with Gasteiger partial charge >= 0.3 is 0 Å². The van der Waals surface area contributed by atoms with E-state index in [1.165, 1.54) is 12.0 Å². The Labute approximate surface area is 155 Å². The Bertz CT molecular complexity index is 741. The van der Waals surface area contributed by atoms with Crippen molar-refractivity contribution in [1.82, 2.24) is 19.6 Å². The number of hydrogen-bond acceptors (Lipinski definition) is 3. The van der Waals surface area contributed by atoms with Gasteiger partial charge in [-0.25, -0.2) is 0 Å². The third kappa shape index (κ3) is 3.98. The van der Waals surface area contributed by atoms with Crippen molar-refractivity contribution in [2.24, 2.45) is 13.0 Å². The van der Waals surface area contributed by atoms with Crippen LogP contribution in [0.3, 0.4) is 0 Å². The largest absolute Gasteiger partial charge is 0.338 e. The minimum absolute atomic E-state index is 0.310. The molecule has 3 fully saturated rings. The molecule has 0 spiro atoms. The lowest BCUT2D eigenvalue weighted by Crippen LogP contribution is -2.47. The van der Waals surface area contributed by atoms with Crippen LogP contribution in [-0.2, 0) is 24.8 Å². The number of rotatable bonds is 5. The number of carbonyl (C=O) groups excluding carboxylic acids is 1. The Balaban J connectivity index is 1.37. The molecule has 4 heterocycles. The van der Waals surface area contributed by atoms with E-state index in [9.17, 15) is 4.79 Å². The van der Waals surface area contributed by atoms with E-state index in [0.29, 0.717) is 24.3 Å². The number of hydrogen-bond donors (Lipinski definition) is 0. The standard InChI is InChI=1S/C21H28N4O/c1-23-12-18(11-22-23)8-10-21(26)25-15-19-7-9-20(25)16-24(14-19)13-17-5-3-2-4-6-17/h2-6,11-12,19-20H,7-10,13-16H2,1H3/t19-,20+/m0/s1. The van der Waals surface area contributed by atoms with Gasteiger partial charge in [0.05, 0.1) is 6.20 Å². The highest BCUT2D eigenvalue weighted by atomic mass is 16.2. The number of benzene rings is 1. The predicted octanol–water partition coefficient (Wildman–Crippen LogP) is 2.48. The molecule has 5 rings (SSSR count). The van der Waals surface area contributed by atoms with E-state index in [0.717, 1.165) is 44.6 Å². The molecule has 2 bridgehead atoms. The van der Waals surface area contributed by atoms with Crippen molar-refractivity contribution in [2.75, 3.05) is 19.6 Å². The van der Waals surface area contributed by atoms with Gasteiger partial charge in [-0.1, -0.05) is 30.3 Å². The molecular formula is C21H28N4O. The third-order valence-corrected chi connectivity index (χ3v) is 5.74. The van der Waals surface area contributed by atoms with Crippen LogP contribution in [0.5, 0.6) is 0 Å². The van der Waals surface area contributed by atoms with Crippen LogP contribution in [-0.4, -0.2) is 51.2 Å². The average molecular weight is 352 g/mol. The van der Waals surface area contributed by atoms with Gasteiger partial charge in [-0.2, -0.15) is 5.10 Å². The van der Waals surface area contributed by atoms with Crippen molar-refractivity contribution in [2.45, 2.75) is 38.3 Å². The summed E-state index contributed by atoms with van der Waals surface area (Å²) < 4.78 is 1.80. The second-order valence-electron chi connectivity index (χ2n) is 7.85. The van der Waals surface area contributed by atoms with Gasteiger partial charge in [-0.3, -0.25) is 14.4 Å². The van der Waals surface area contributed by atoms with Gasteiger partial charge in [0.25, 0.3) is 0 Å². The second-order valence-corrected chi connectivity index (χ2v) is 7.85. The van der Waals surface area contributed by atoms with Crippen molar-refractivity contribution < 1.29 is 4.79 Å². The minimum atomic E-state index is 0.310. The van der Waals surface area contributed by atoms with Crippen molar-refractivity contribution in [3.8, 4) is 0 Å². The zero-order valence-corrected chi connectivity index (χ0v) is 15.6. The predicted molar refractivity (Wildman–Crippen MR) is 101 cm³/mol. The molecule has 3 aliphatic rings. The number of piperidine rings is 1. The number of aromatic nitrogens is 2. The molecule has 0 unspecified atom stereocenters. The summed E-state index contributed by atoms with van der Waals surface area (Å²) in [6.07, 6.45) is 7.64. The molecule has 26 heavy (non-hydrogen) atoms. The molecule has 1 amide bonds. The highest BCUT2D eigenvalue weighted by Gasteiger charge is 2.36. The fourth-order valence-corrected chi connectivity index (χ4v) is 4.45. The zero-order valence-electron chi connectivity index (χ0n) is 15.6. The van der Waals surface area contributed by atoms with Gasteiger partial charge in [0.15, 0.2) is 0 Å². The summed E-state index contributed by atoms with van der Waals surface area (Å²) in [5.41, 5.74) is 2.51. The maximum Gasteiger partial charge on any atom is 0.223 e. The quantitative estimate of drug-likeness (QED) is 0.830. The van der Waals surface area contributed by atoms with Crippen LogP contribution < -0.4 is 0 Å². The number of nitrogens with zero attached hydrogens (tertiary/aromatic N) is 4. The Morgan fingerprint density at radius 2 is 1.96 bits per heavy atom. The van der Waals surface area contributed by atoms with Crippen molar-refractivity contribution in [3.05, 3.63) is 53.9 Å². The first-order valence-corrected chi connectivity index (χ1v) is 9.70. The molecule has 3 aliphatic heterocycles. The molecule has 138 valence electrons. The SMILES string of the molecule is Cn1cc(CCC(=O)N2C[C@H]3CC[C@@H]2CN(Cc2ccccc2)C3)cn1. The second kappa shape index (κ2) is 7.62. The lowest BCUT2D eigenvalue weighted by molar-refractivity contribution is -0.135. The van der Waals surface area contributed by atoms with Crippen LogP contribution in [0, 0.1) is 5.92 Å². The zero-order chi connectivity index (χ0) is 17.9. The van der Waals surface area contributed by atoms with Gasteiger partial charge in [-0.05, 0) is 36.3 Å². The van der Waals surface area contributed by atoms with E-state index in [4.69, 9.17) is 0 Å². The van der Waals surface area contributed by atoms with Crippen LogP contribution in [0.25, 0.3) is 0 Å². The summed E-state index contributed by atoms with van der Waals surface area (Å²) >= 11 is 0. The molecule has 5 heteroatoms. The maximum absolute atomic E-state index is 12.9. The number of amides is 1. The van der Waals surface area contributed by atoms with Crippen molar-refractivity contribution in [3.63, 3.8) is 0 Å². The van der Waals surface area contributed by atoms with Gasteiger partial charge in [0.1, 0.15) is 0 Å². The fourth-order valence-electron chi connectivity index (χ4n) is 4.45. The Morgan fingerprint density at radius 1 is 1.12 bits per heavy atom. The normalized spacial score (nSPS) is 23.2.